The third-order valence-corrected chi connectivity index (χ3v) is 2.16. The molecule has 1 aromatic carbocycles. The molecule has 0 N–H and O–H groups in total. The number of nitrogens with zero attached hydrogens (tertiary/aromatic N) is 1. The van der Waals surface area contributed by atoms with Gasteiger partial charge in [-0.25, -0.2) is 0 Å². The van der Waals surface area contributed by atoms with Gasteiger partial charge < -0.3 is 9.64 Å². The van der Waals surface area contributed by atoms with E-state index in [1.165, 1.54) is 0 Å². The van der Waals surface area contributed by atoms with Crippen molar-refractivity contribution in [3.63, 3.8) is 0 Å². The minimum atomic E-state index is -0.333. The van der Waals surface area contributed by atoms with Crippen LogP contribution < -0.4 is 9.64 Å². The molecule has 0 fully saturated rings. The van der Waals surface area contributed by atoms with Crippen LogP contribution in [0.25, 0.3) is 0 Å². The molecule has 3 heteroatoms. The van der Waals surface area contributed by atoms with E-state index < -0.39 is 0 Å². The van der Waals surface area contributed by atoms with Crippen LogP contribution in [0.4, 0.5) is 5.69 Å². The summed E-state index contributed by atoms with van der Waals surface area (Å²) >= 11 is 0. The summed E-state index contributed by atoms with van der Waals surface area (Å²) in [7, 11) is 1.96. The Morgan fingerprint density at radius 2 is 2.31 bits per heavy atom. The number of rotatable bonds is 1. The molecule has 0 amide bonds. The van der Waals surface area contributed by atoms with E-state index in [4.69, 9.17) is 4.74 Å². The smallest absolute Gasteiger partial charge is 0.171 e. The second-order valence-electron chi connectivity index (χ2n) is 3.14. The first-order valence-corrected chi connectivity index (χ1v) is 4.23. The Balaban J connectivity index is 2.36. The van der Waals surface area contributed by atoms with E-state index in [-0.39, 0.29) is 6.10 Å². The van der Waals surface area contributed by atoms with Crippen molar-refractivity contribution < 1.29 is 9.53 Å². The lowest BCUT2D eigenvalue weighted by Crippen LogP contribution is -2.38. The normalized spacial score (nSPS) is 20.4. The zero-order chi connectivity index (χ0) is 9.26. The molecular formula is C10H11NO2. The molecule has 1 heterocycles. The molecule has 1 unspecified atom stereocenters. The number of anilines is 1. The number of hydrogen-bond acceptors (Lipinski definition) is 3. The van der Waals surface area contributed by atoms with Gasteiger partial charge in [-0.05, 0) is 12.1 Å². The van der Waals surface area contributed by atoms with Gasteiger partial charge in [-0.2, -0.15) is 0 Å². The number of aldehydes is 1. The Labute approximate surface area is 76.9 Å². The second-order valence-corrected chi connectivity index (χ2v) is 3.14. The van der Waals surface area contributed by atoms with Crippen molar-refractivity contribution in [2.75, 3.05) is 18.5 Å². The van der Waals surface area contributed by atoms with E-state index in [0.717, 1.165) is 17.7 Å². The predicted molar refractivity (Wildman–Crippen MR) is 50.2 cm³/mol. The SMILES string of the molecule is CN1CC(C=O)Oc2ccccc21. The van der Waals surface area contributed by atoms with E-state index in [1.807, 2.05) is 36.2 Å². The maximum Gasteiger partial charge on any atom is 0.171 e. The summed E-state index contributed by atoms with van der Waals surface area (Å²) in [6.07, 6.45) is 0.506. The lowest BCUT2D eigenvalue weighted by molar-refractivity contribution is -0.113. The second kappa shape index (κ2) is 3.09. The Morgan fingerprint density at radius 1 is 1.54 bits per heavy atom. The number of likely N-dealkylation sites (N-methyl/N-ethyl adjacent to an activating group) is 1. The summed E-state index contributed by atoms with van der Waals surface area (Å²) in [5.41, 5.74) is 1.04. The quantitative estimate of drug-likeness (QED) is 0.601. The third-order valence-electron chi connectivity index (χ3n) is 2.16. The van der Waals surface area contributed by atoms with Crippen molar-refractivity contribution in [3.05, 3.63) is 24.3 Å². The molecule has 13 heavy (non-hydrogen) atoms. The maximum atomic E-state index is 10.6. The highest BCUT2D eigenvalue weighted by atomic mass is 16.5. The fourth-order valence-electron chi connectivity index (χ4n) is 1.51. The highest BCUT2D eigenvalue weighted by Crippen LogP contribution is 2.31. The summed E-state index contributed by atoms with van der Waals surface area (Å²) in [5.74, 6) is 0.786. The Kier molecular flexibility index (Phi) is 1.93. The lowest BCUT2D eigenvalue weighted by Gasteiger charge is -2.31. The van der Waals surface area contributed by atoms with Gasteiger partial charge in [0.2, 0.25) is 0 Å². The van der Waals surface area contributed by atoms with Gasteiger partial charge in [-0.1, -0.05) is 12.1 Å². The first-order chi connectivity index (χ1) is 6.31. The highest BCUT2D eigenvalue weighted by molar-refractivity contribution is 5.66. The molecule has 0 aliphatic carbocycles. The molecule has 2 rings (SSSR count). The van der Waals surface area contributed by atoms with Gasteiger partial charge in [0.15, 0.2) is 12.4 Å². The van der Waals surface area contributed by atoms with Gasteiger partial charge in [0.1, 0.15) is 5.75 Å². The van der Waals surface area contributed by atoms with E-state index in [1.54, 1.807) is 0 Å². The van der Waals surface area contributed by atoms with Crippen LogP contribution in [-0.4, -0.2) is 26.0 Å². The molecule has 0 saturated heterocycles. The molecule has 1 aromatic rings. The molecule has 1 atom stereocenters. The van der Waals surface area contributed by atoms with Crippen molar-refractivity contribution >= 4 is 12.0 Å². The van der Waals surface area contributed by atoms with E-state index >= 15 is 0 Å². The van der Waals surface area contributed by atoms with Gasteiger partial charge in [-0.3, -0.25) is 4.79 Å². The average Bonchev–Trinajstić information content (AvgIpc) is 2.18. The van der Waals surface area contributed by atoms with Crippen molar-refractivity contribution in [2.24, 2.45) is 0 Å². The lowest BCUT2D eigenvalue weighted by atomic mass is 10.2. The molecular weight excluding hydrogens is 166 g/mol. The Hall–Kier alpha value is -1.51. The minimum absolute atomic E-state index is 0.333. The number of para-hydroxylation sites is 2. The number of carbonyl (C=O) groups excluding carboxylic acids is 1. The van der Waals surface area contributed by atoms with Crippen LogP contribution in [0.2, 0.25) is 0 Å². The van der Waals surface area contributed by atoms with Crippen molar-refractivity contribution in [3.8, 4) is 5.75 Å². The largest absolute Gasteiger partial charge is 0.479 e. The zero-order valence-electron chi connectivity index (χ0n) is 7.43. The highest BCUT2D eigenvalue weighted by Gasteiger charge is 2.21. The standard InChI is InChI=1S/C10H11NO2/c1-11-6-8(7-12)13-10-5-3-2-4-9(10)11/h2-5,7-8H,6H2,1H3. The van der Waals surface area contributed by atoms with E-state index in [2.05, 4.69) is 0 Å². The van der Waals surface area contributed by atoms with Crippen molar-refractivity contribution in [1.29, 1.82) is 0 Å². The van der Waals surface area contributed by atoms with Gasteiger partial charge in [0, 0.05) is 7.05 Å². The number of ether oxygens (including phenoxy) is 1. The Morgan fingerprint density at radius 3 is 3.08 bits per heavy atom. The van der Waals surface area contributed by atoms with Crippen LogP contribution in [0, 0.1) is 0 Å². The van der Waals surface area contributed by atoms with Crippen LogP contribution in [0.5, 0.6) is 5.75 Å². The van der Waals surface area contributed by atoms with E-state index in [9.17, 15) is 4.79 Å². The number of benzene rings is 1. The first-order valence-electron chi connectivity index (χ1n) is 4.23. The van der Waals surface area contributed by atoms with Crippen LogP contribution in [-0.2, 0) is 4.79 Å². The van der Waals surface area contributed by atoms with Crippen LogP contribution in [0.1, 0.15) is 0 Å². The average molecular weight is 177 g/mol. The topological polar surface area (TPSA) is 29.5 Å². The van der Waals surface area contributed by atoms with Crippen molar-refractivity contribution in [2.45, 2.75) is 6.10 Å². The summed E-state index contributed by atoms with van der Waals surface area (Å²) in [5, 5.41) is 0. The molecule has 0 aromatic heterocycles. The van der Waals surface area contributed by atoms with Crippen LogP contribution in [0.15, 0.2) is 24.3 Å². The number of fused-ring (bicyclic) bond motifs is 1. The first kappa shape index (κ1) is 8.10. The van der Waals surface area contributed by atoms with Gasteiger partial charge >= 0.3 is 0 Å². The number of carbonyl (C=O) groups is 1. The van der Waals surface area contributed by atoms with Crippen LogP contribution in [0.3, 0.4) is 0 Å². The molecule has 0 spiro atoms. The Bertz CT molecular complexity index is 324. The summed E-state index contributed by atoms with van der Waals surface area (Å²) < 4.78 is 5.44. The summed E-state index contributed by atoms with van der Waals surface area (Å²) in [6, 6.07) is 7.72. The minimum Gasteiger partial charge on any atom is -0.479 e. The molecule has 1 aliphatic rings. The van der Waals surface area contributed by atoms with Gasteiger partial charge in [0.25, 0.3) is 0 Å². The zero-order valence-corrected chi connectivity index (χ0v) is 7.43. The molecule has 0 radical (unpaired) electrons. The third kappa shape index (κ3) is 1.37. The monoisotopic (exact) mass is 177 g/mol. The fraction of sp³-hybridized carbons (Fsp3) is 0.300. The molecule has 68 valence electrons. The predicted octanol–water partition coefficient (Wildman–Crippen LogP) is 1.08. The number of hydrogen-bond donors (Lipinski definition) is 0. The van der Waals surface area contributed by atoms with E-state index in [0.29, 0.717) is 6.54 Å². The van der Waals surface area contributed by atoms with Gasteiger partial charge in [0.05, 0.1) is 12.2 Å². The molecule has 1 aliphatic heterocycles. The fourth-order valence-corrected chi connectivity index (χ4v) is 1.51. The van der Waals surface area contributed by atoms with Crippen LogP contribution >= 0.6 is 0 Å². The maximum absolute atomic E-state index is 10.6. The summed E-state index contributed by atoms with van der Waals surface area (Å²) in [4.78, 5) is 12.6. The molecule has 0 saturated carbocycles. The van der Waals surface area contributed by atoms with Gasteiger partial charge in [-0.15, -0.1) is 0 Å². The molecule has 3 nitrogen and oxygen atoms in total. The van der Waals surface area contributed by atoms with Crippen molar-refractivity contribution in [1.82, 2.24) is 0 Å². The molecule has 0 bridgehead atoms. The summed E-state index contributed by atoms with van der Waals surface area (Å²) in [6.45, 7) is 0.626.